The molecule has 0 bridgehead atoms. The molecule has 2 aromatic rings. The average Bonchev–Trinajstić information content (AvgIpc) is 2.56. The molecule has 1 aliphatic carbocycles. The summed E-state index contributed by atoms with van der Waals surface area (Å²) in [6.45, 7) is 3.17. The predicted molar refractivity (Wildman–Crippen MR) is 97.6 cm³/mol. The van der Waals surface area contributed by atoms with Crippen molar-refractivity contribution in [3.63, 3.8) is 0 Å². The maximum atomic E-state index is 14.0. The quantitative estimate of drug-likeness (QED) is 0.769. The lowest BCUT2D eigenvalue weighted by molar-refractivity contribution is -0.275. The smallest absolute Gasteiger partial charge is 0.403 e. The number of pyridine rings is 1. The van der Waals surface area contributed by atoms with Gasteiger partial charge < -0.3 is 15.0 Å². The molecule has 1 saturated carbocycles. The standard InChI is InChI=1S/C20H19F4N3O2/c1-12(28)27-10-19(11-27)8-15(9-19)26-14-4-5-25-17(7-14)13-2-3-18(16(21)6-13)29-20(22,23)24/h2-7,15H,8-11H2,1H3,(H,25,26). The average molecular weight is 409 g/mol. The zero-order valence-electron chi connectivity index (χ0n) is 15.6. The number of hydrogen-bond donors (Lipinski definition) is 1. The number of rotatable bonds is 4. The fourth-order valence-electron chi connectivity index (χ4n) is 4.11. The molecule has 1 amide bonds. The van der Waals surface area contributed by atoms with Gasteiger partial charge in [0.05, 0.1) is 5.69 Å². The molecule has 2 heterocycles. The first-order chi connectivity index (χ1) is 13.6. The van der Waals surface area contributed by atoms with Crippen molar-refractivity contribution in [3.8, 4) is 17.0 Å². The summed E-state index contributed by atoms with van der Waals surface area (Å²) >= 11 is 0. The fraction of sp³-hybridized carbons (Fsp3) is 0.400. The van der Waals surface area contributed by atoms with Gasteiger partial charge in [0.2, 0.25) is 5.91 Å². The SMILES string of the molecule is CC(=O)N1CC2(CC(Nc3ccnc(-c4ccc(OC(F)(F)F)c(F)c4)c3)C2)C1. The highest BCUT2D eigenvalue weighted by atomic mass is 19.4. The lowest BCUT2D eigenvalue weighted by Gasteiger charge is -2.59. The highest BCUT2D eigenvalue weighted by Crippen LogP contribution is 2.49. The Hall–Kier alpha value is -2.84. The molecule has 1 aliphatic heterocycles. The zero-order chi connectivity index (χ0) is 20.8. The van der Waals surface area contributed by atoms with Gasteiger partial charge in [-0.1, -0.05) is 0 Å². The monoisotopic (exact) mass is 409 g/mol. The first-order valence-electron chi connectivity index (χ1n) is 9.16. The molecule has 4 rings (SSSR count). The van der Waals surface area contributed by atoms with Gasteiger partial charge in [0.1, 0.15) is 0 Å². The molecule has 0 unspecified atom stereocenters. The van der Waals surface area contributed by atoms with Crippen LogP contribution < -0.4 is 10.1 Å². The third-order valence-corrected chi connectivity index (χ3v) is 5.44. The normalized spacial score (nSPS) is 18.2. The Bertz CT molecular complexity index is 934. The molecule has 9 heteroatoms. The van der Waals surface area contributed by atoms with Gasteiger partial charge >= 0.3 is 6.36 Å². The van der Waals surface area contributed by atoms with Crippen molar-refractivity contribution in [3.05, 3.63) is 42.3 Å². The third kappa shape index (κ3) is 4.13. The summed E-state index contributed by atoms with van der Waals surface area (Å²) in [5.74, 6) is -1.89. The summed E-state index contributed by atoms with van der Waals surface area (Å²) in [6, 6.07) is 7.03. The summed E-state index contributed by atoms with van der Waals surface area (Å²) in [6.07, 6.45) is -1.46. The predicted octanol–water partition coefficient (Wildman–Crippen LogP) is 4.21. The van der Waals surface area contributed by atoms with Gasteiger partial charge in [0.25, 0.3) is 0 Å². The van der Waals surface area contributed by atoms with E-state index in [1.165, 1.54) is 6.07 Å². The molecular weight excluding hydrogens is 390 g/mol. The fourth-order valence-corrected chi connectivity index (χ4v) is 4.11. The molecule has 29 heavy (non-hydrogen) atoms. The van der Waals surface area contributed by atoms with Crippen LogP contribution in [0.4, 0.5) is 23.2 Å². The Morgan fingerprint density at radius 2 is 1.97 bits per heavy atom. The van der Waals surface area contributed by atoms with Gasteiger partial charge in [-0.3, -0.25) is 9.78 Å². The number of anilines is 1. The van der Waals surface area contributed by atoms with E-state index in [0.29, 0.717) is 11.3 Å². The Labute approximate surface area is 164 Å². The minimum atomic E-state index is -4.95. The number of ether oxygens (including phenoxy) is 1. The molecule has 1 N–H and O–H groups in total. The van der Waals surface area contributed by atoms with Crippen molar-refractivity contribution in [1.29, 1.82) is 0 Å². The second-order valence-electron chi connectivity index (χ2n) is 7.75. The van der Waals surface area contributed by atoms with Gasteiger partial charge in [-0.15, -0.1) is 13.2 Å². The van der Waals surface area contributed by atoms with E-state index in [1.54, 1.807) is 25.3 Å². The molecule has 154 valence electrons. The maximum absolute atomic E-state index is 14.0. The van der Waals surface area contributed by atoms with Crippen LogP contribution in [0.3, 0.4) is 0 Å². The lowest BCUT2D eigenvalue weighted by atomic mass is 9.60. The summed E-state index contributed by atoms with van der Waals surface area (Å²) in [5, 5.41) is 3.40. The third-order valence-electron chi connectivity index (χ3n) is 5.44. The number of carbonyl (C=O) groups excluding carboxylic acids is 1. The number of amides is 1. The molecular formula is C20H19F4N3O2. The topological polar surface area (TPSA) is 54.5 Å². The number of nitrogens with zero attached hydrogens (tertiary/aromatic N) is 2. The van der Waals surface area contributed by atoms with E-state index in [-0.39, 0.29) is 17.4 Å². The number of alkyl halides is 3. The minimum absolute atomic E-state index is 0.102. The van der Waals surface area contributed by atoms with Crippen LogP contribution in [-0.4, -0.2) is 41.3 Å². The van der Waals surface area contributed by atoms with Crippen LogP contribution in [0.1, 0.15) is 19.8 Å². The van der Waals surface area contributed by atoms with E-state index >= 15 is 0 Å². The summed E-state index contributed by atoms with van der Waals surface area (Å²) in [5.41, 5.74) is 1.81. The number of nitrogens with one attached hydrogen (secondary N) is 1. The number of aromatic nitrogens is 1. The van der Waals surface area contributed by atoms with Gasteiger partial charge in [-0.25, -0.2) is 4.39 Å². The number of hydrogen-bond acceptors (Lipinski definition) is 4. The van der Waals surface area contributed by atoms with Crippen molar-refractivity contribution in [2.24, 2.45) is 5.41 Å². The van der Waals surface area contributed by atoms with E-state index in [2.05, 4.69) is 15.0 Å². The second-order valence-corrected chi connectivity index (χ2v) is 7.75. The Morgan fingerprint density at radius 1 is 1.24 bits per heavy atom. The van der Waals surface area contributed by atoms with Crippen LogP contribution >= 0.6 is 0 Å². The highest BCUT2D eigenvalue weighted by molar-refractivity contribution is 5.74. The van der Waals surface area contributed by atoms with Crippen LogP contribution in [-0.2, 0) is 4.79 Å². The lowest BCUT2D eigenvalue weighted by Crippen LogP contribution is -2.65. The first kappa shape index (κ1) is 19.5. The molecule has 2 fully saturated rings. The van der Waals surface area contributed by atoms with Crippen LogP contribution in [0, 0.1) is 11.2 Å². The Balaban J connectivity index is 1.40. The van der Waals surface area contributed by atoms with Crippen LogP contribution in [0.25, 0.3) is 11.3 Å². The van der Waals surface area contributed by atoms with E-state index in [4.69, 9.17) is 0 Å². The molecule has 0 atom stereocenters. The number of halogens is 4. The van der Waals surface area contributed by atoms with E-state index < -0.39 is 17.9 Å². The number of likely N-dealkylation sites (tertiary alicyclic amines) is 1. The van der Waals surface area contributed by atoms with Crippen LogP contribution in [0.5, 0.6) is 5.75 Å². The first-order valence-corrected chi connectivity index (χ1v) is 9.16. The van der Waals surface area contributed by atoms with Crippen molar-refractivity contribution < 1.29 is 27.1 Å². The summed E-state index contributed by atoms with van der Waals surface area (Å²) in [4.78, 5) is 17.3. The van der Waals surface area contributed by atoms with E-state index in [1.807, 2.05) is 4.90 Å². The molecule has 5 nitrogen and oxygen atoms in total. The number of benzene rings is 1. The van der Waals surface area contributed by atoms with Crippen molar-refractivity contribution in [1.82, 2.24) is 9.88 Å². The maximum Gasteiger partial charge on any atom is 0.573 e. The summed E-state index contributed by atoms with van der Waals surface area (Å²) < 4.78 is 54.4. The number of carbonyl (C=O) groups is 1. The Kier molecular flexibility index (Phi) is 4.63. The molecule has 1 aromatic heterocycles. The molecule has 2 aliphatic rings. The van der Waals surface area contributed by atoms with Gasteiger partial charge in [0, 0.05) is 48.9 Å². The van der Waals surface area contributed by atoms with Crippen molar-refractivity contribution >= 4 is 11.6 Å². The van der Waals surface area contributed by atoms with Crippen molar-refractivity contribution in [2.45, 2.75) is 32.2 Å². The Morgan fingerprint density at radius 3 is 2.59 bits per heavy atom. The van der Waals surface area contributed by atoms with Gasteiger partial charge in [-0.05, 0) is 43.2 Å². The second kappa shape index (κ2) is 6.89. The van der Waals surface area contributed by atoms with Crippen LogP contribution in [0.2, 0.25) is 0 Å². The van der Waals surface area contributed by atoms with Crippen molar-refractivity contribution in [2.75, 3.05) is 18.4 Å². The van der Waals surface area contributed by atoms with E-state index in [9.17, 15) is 22.4 Å². The van der Waals surface area contributed by atoms with Gasteiger partial charge in [-0.2, -0.15) is 0 Å². The highest BCUT2D eigenvalue weighted by Gasteiger charge is 2.53. The molecule has 1 aromatic carbocycles. The summed E-state index contributed by atoms with van der Waals surface area (Å²) in [7, 11) is 0. The zero-order valence-corrected chi connectivity index (χ0v) is 15.6. The molecule has 1 saturated heterocycles. The molecule has 1 spiro atoms. The largest absolute Gasteiger partial charge is 0.573 e. The minimum Gasteiger partial charge on any atom is -0.403 e. The van der Waals surface area contributed by atoms with E-state index in [0.717, 1.165) is 43.8 Å². The van der Waals surface area contributed by atoms with Gasteiger partial charge in [0.15, 0.2) is 11.6 Å². The molecule has 0 radical (unpaired) electrons. The van der Waals surface area contributed by atoms with Crippen LogP contribution in [0.15, 0.2) is 36.5 Å².